The lowest BCUT2D eigenvalue weighted by molar-refractivity contribution is -0.127. The Morgan fingerprint density at radius 3 is 2.94 bits per heavy atom. The summed E-state index contributed by atoms with van der Waals surface area (Å²) in [6, 6.07) is 5.33. The van der Waals surface area contributed by atoms with Crippen molar-refractivity contribution in [3.8, 4) is 5.75 Å². The first-order valence-corrected chi connectivity index (χ1v) is 5.91. The molecule has 0 heterocycles. The minimum Gasteiger partial charge on any atom is -0.507 e. The van der Waals surface area contributed by atoms with Crippen LogP contribution in [0.3, 0.4) is 0 Å². The minimum atomic E-state index is -0.311. The van der Waals surface area contributed by atoms with Crippen LogP contribution in [0.5, 0.6) is 5.75 Å². The van der Waals surface area contributed by atoms with Gasteiger partial charge in [0.2, 0.25) is 0 Å². The van der Waals surface area contributed by atoms with Crippen LogP contribution in [0.15, 0.2) is 36.0 Å². The van der Waals surface area contributed by atoms with E-state index in [1.807, 2.05) is 12.1 Å². The van der Waals surface area contributed by atoms with E-state index in [-0.39, 0.29) is 17.5 Å². The summed E-state index contributed by atoms with van der Waals surface area (Å²) in [5.74, 6) is -0.293. The fourth-order valence-corrected chi connectivity index (χ4v) is 1.51. The smallest absolute Gasteiger partial charge is 0.257 e. The van der Waals surface area contributed by atoms with Crippen molar-refractivity contribution in [2.45, 2.75) is 6.42 Å². The van der Waals surface area contributed by atoms with Gasteiger partial charge in [-0.2, -0.15) is 5.10 Å². The number of carbonyl (C=O) groups is 1. The summed E-state index contributed by atoms with van der Waals surface area (Å²) in [4.78, 5) is 11.2. The van der Waals surface area contributed by atoms with E-state index in [1.54, 1.807) is 12.1 Å². The largest absolute Gasteiger partial charge is 0.507 e. The molecule has 1 aromatic carbocycles. The van der Waals surface area contributed by atoms with Crippen LogP contribution in [-0.4, -0.2) is 35.2 Å². The SMILES string of the molecule is C=CCc1cccc(C=NN(C)C(=O)CCl)c1O. The summed E-state index contributed by atoms with van der Waals surface area (Å²) in [7, 11) is 1.51. The summed E-state index contributed by atoms with van der Waals surface area (Å²) in [6.45, 7) is 3.62. The number of amides is 1. The number of hydrogen-bond acceptors (Lipinski definition) is 3. The molecule has 0 aliphatic rings. The van der Waals surface area contributed by atoms with Gasteiger partial charge >= 0.3 is 0 Å². The summed E-state index contributed by atoms with van der Waals surface area (Å²) in [5, 5.41) is 15.0. The lowest BCUT2D eigenvalue weighted by atomic mass is 10.1. The van der Waals surface area contributed by atoms with Crippen molar-refractivity contribution in [3.05, 3.63) is 42.0 Å². The van der Waals surface area contributed by atoms with Gasteiger partial charge < -0.3 is 5.11 Å². The van der Waals surface area contributed by atoms with Crippen LogP contribution in [0.2, 0.25) is 0 Å². The van der Waals surface area contributed by atoms with E-state index in [1.165, 1.54) is 13.3 Å². The van der Waals surface area contributed by atoms with E-state index in [0.29, 0.717) is 12.0 Å². The summed E-state index contributed by atoms with van der Waals surface area (Å²) >= 11 is 5.40. The van der Waals surface area contributed by atoms with Crippen molar-refractivity contribution in [3.63, 3.8) is 0 Å². The van der Waals surface area contributed by atoms with Crippen LogP contribution in [0.1, 0.15) is 11.1 Å². The number of nitrogens with zero attached hydrogens (tertiary/aromatic N) is 2. The number of benzene rings is 1. The third-order valence-electron chi connectivity index (χ3n) is 2.36. The zero-order chi connectivity index (χ0) is 13.5. The molecule has 1 amide bonds. The molecule has 1 N–H and O–H groups in total. The minimum absolute atomic E-state index is 0.129. The van der Waals surface area contributed by atoms with Gasteiger partial charge in [0.15, 0.2) is 0 Å². The molecule has 96 valence electrons. The zero-order valence-corrected chi connectivity index (χ0v) is 10.9. The molecule has 0 unspecified atom stereocenters. The Hall–Kier alpha value is -1.81. The lowest BCUT2D eigenvalue weighted by Crippen LogP contribution is -2.22. The molecule has 0 aromatic heterocycles. The second-order valence-corrected chi connectivity index (χ2v) is 3.91. The van der Waals surface area contributed by atoms with Crippen molar-refractivity contribution < 1.29 is 9.90 Å². The van der Waals surface area contributed by atoms with E-state index in [4.69, 9.17) is 11.6 Å². The molecule has 0 saturated heterocycles. The third-order valence-corrected chi connectivity index (χ3v) is 2.59. The number of hydrazone groups is 1. The van der Waals surface area contributed by atoms with Crippen molar-refractivity contribution in [1.82, 2.24) is 5.01 Å². The zero-order valence-electron chi connectivity index (χ0n) is 10.1. The Morgan fingerprint density at radius 1 is 1.61 bits per heavy atom. The van der Waals surface area contributed by atoms with E-state index < -0.39 is 0 Å². The maximum atomic E-state index is 11.2. The maximum Gasteiger partial charge on any atom is 0.257 e. The Kier molecular flexibility index (Phi) is 5.39. The highest BCUT2D eigenvalue weighted by Gasteiger charge is 2.06. The monoisotopic (exact) mass is 266 g/mol. The number of phenols is 1. The van der Waals surface area contributed by atoms with Gasteiger partial charge in [0.1, 0.15) is 11.6 Å². The molecule has 0 aliphatic heterocycles. The fourth-order valence-electron chi connectivity index (χ4n) is 1.34. The summed E-state index contributed by atoms with van der Waals surface area (Å²) < 4.78 is 0. The molecule has 0 aliphatic carbocycles. The van der Waals surface area contributed by atoms with Crippen molar-refractivity contribution >= 4 is 23.7 Å². The molecular formula is C13H15ClN2O2. The summed E-state index contributed by atoms with van der Waals surface area (Å²) in [6.07, 6.45) is 3.70. The van der Waals surface area contributed by atoms with Crippen molar-refractivity contribution in [2.24, 2.45) is 5.10 Å². The molecule has 0 bridgehead atoms. The number of para-hydroxylation sites is 1. The highest BCUT2D eigenvalue weighted by Crippen LogP contribution is 2.21. The topological polar surface area (TPSA) is 52.9 Å². The van der Waals surface area contributed by atoms with E-state index >= 15 is 0 Å². The highest BCUT2D eigenvalue weighted by atomic mass is 35.5. The number of allylic oxidation sites excluding steroid dienone is 1. The predicted octanol–water partition coefficient (Wildman–Crippen LogP) is 2.15. The molecule has 18 heavy (non-hydrogen) atoms. The van der Waals surface area contributed by atoms with Gasteiger partial charge in [0, 0.05) is 12.6 Å². The van der Waals surface area contributed by atoms with E-state index in [2.05, 4.69) is 11.7 Å². The Labute approximate surface area is 111 Å². The molecule has 0 spiro atoms. The van der Waals surface area contributed by atoms with Crippen molar-refractivity contribution in [1.29, 1.82) is 0 Å². The first-order chi connectivity index (χ1) is 8.60. The number of hydrogen-bond donors (Lipinski definition) is 1. The Bertz CT molecular complexity index is 472. The molecule has 0 radical (unpaired) electrons. The second kappa shape index (κ2) is 6.81. The number of halogens is 1. The van der Waals surface area contributed by atoms with Gasteiger partial charge in [0.05, 0.1) is 6.21 Å². The number of rotatable bonds is 5. The number of alkyl halides is 1. The van der Waals surface area contributed by atoms with Gasteiger partial charge in [-0.15, -0.1) is 18.2 Å². The first kappa shape index (κ1) is 14.3. The molecule has 1 aromatic rings. The van der Waals surface area contributed by atoms with Crippen LogP contribution in [0.25, 0.3) is 0 Å². The van der Waals surface area contributed by atoms with Crippen LogP contribution in [0.4, 0.5) is 0 Å². The highest BCUT2D eigenvalue weighted by molar-refractivity contribution is 6.27. The molecule has 4 nitrogen and oxygen atoms in total. The number of carbonyl (C=O) groups excluding carboxylic acids is 1. The molecular weight excluding hydrogens is 252 g/mol. The normalized spacial score (nSPS) is 10.6. The first-order valence-electron chi connectivity index (χ1n) is 5.38. The van der Waals surface area contributed by atoms with Crippen LogP contribution < -0.4 is 0 Å². The summed E-state index contributed by atoms with van der Waals surface area (Å²) in [5.41, 5.74) is 1.31. The van der Waals surface area contributed by atoms with Gasteiger partial charge in [-0.1, -0.05) is 18.2 Å². The predicted molar refractivity (Wildman–Crippen MR) is 73.1 cm³/mol. The molecule has 0 atom stereocenters. The Morgan fingerprint density at radius 2 is 2.33 bits per heavy atom. The van der Waals surface area contributed by atoms with Crippen molar-refractivity contribution in [2.75, 3.05) is 12.9 Å². The van der Waals surface area contributed by atoms with E-state index in [9.17, 15) is 9.90 Å². The fraction of sp³-hybridized carbons (Fsp3) is 0.231. The quantitative estimate of drug-likeness (QED) is 0.384. The van der Waals surface area contributed by atoms with Crippen LogP contribution in [-0.2, 0) is 11.2 Å². The average molecular weight is 267 g/mol. The maximum absolute atomic E-state index is 11.2. The molecule has 1 rings (SSSR count). The van der Waals surface area contributed by atoms with Gasteiger partial charge in [-0.05, 0) is 18.1 Å². The second-order valence-electron chi connectivity index (χ2n) is 3.64. The van der Waals surface area contributed by atoms with E-state index in [0.717, 1.165) is 10.6 Å². The number of aromatic hydroxyl groups is 1. The Balaban J connectivity index is 2.91. The molecule has 0 fully saturated rings. The molecule has 0 saturated carbocycles. The van der Waals surface area contributed by atoms with Gasteiger partial charge in [-0.3, -0.25) is 4.79 Å². The lowest BCUT2D eigenvalue weighted by Gasteiger charge is -2.09. The standard InChI is InChI=1S/C13H15ClN2O2/c1-3-5-10-6-4-7-11(13(10)18)9-15-16(2)12(17)8-14/h3-4,6-7,9,18H,1,5,8H2,2H3. The third kappa shape index (κ3) is 3.60. The van der Waals surface area contributed by atoms with Crippen LogP contribution >= 0.6 is 11.6 Å². The average Bonchev–Trinajstić information content (AvgIpc) is 2.38. The molecule has 5 heteroatoms. The number of phenolic OH excluding ortho intramolecular Hbond substituents is 1. The van der Waals surface area contributed by atoms with Crippen LogP contribution in [0, 0.1) is 0 Å². The van der Waals surface area contributed by atoms with Gasteiger partial charge in [0.25, 0.3) is 5.91 Å². The van der Waals surface area contributed by atoms with Gasteiger partial charge in [-0.25, -0.2) is 5.01 Å².